The number of piperazine rings is 1. The summed E-state index contributed by atoms with van der Waals surface area (Å²) in [4.78, 5) is 14.3. The Balaban J connectivity index is 1.52. The number of nitrogens with one attached hydrogen (secondary N) is 2. The van der Waals surface area contributed by atoms with Crippen molar-refractivity contribution in [3.63, 3.8) is 0 Å². The Morgan fingerprint density at radius 1 is 1.28 bits per heavy atom. The summed E-state index contributed by atoms with van der Waals surface area (Å²) < 4.78 is 5.26. The highest BCUT2D eigenvalue weighted by atomic mass is 16.5. The summed E-state index contributed by atoms with van der Waals surface area (Å²) in [7, 11) is 0. The summed E-state index contributed by atoms with van der Waals surface area (Å²) in [6.45, 7) is 7.82. The van der Waals surface area contributed by atoms with E-state index < -0.39 is 0 Å². The van der Waals surface area contributed by atoms with Gasteiger partial charge in [0.15, 0.2) is 0 Å². The Morgan fingerprint density at radius 3 is 2.72 bits per heavy atom. The van der Waals surface area contributed by atoms with E-state index in [9.17, 15) is 4.79 Å². The highest BCUT2D eigenvalue weighted by Gasteiger charge is 2.20. The SMILES string of the molecule is O=C(NCCCN1CCNCC1)C1CCOCC1. The topological polar surface area (TPSA) is 53.6 Å². The van der Waals surface area contributed by atoms with Gasteiger partial charge >= 0.3 is 0 Å². The van der Waals surface area contributed by atoms with Gasteiger partial charge in [0.25, 0.3) is 0 Å². The normalized spacial score (nSPS) is 22.9. The molecule has 0 unspecified atom stereocenters. The van der Waals surface area contributed by atoms with Crippen molar-refractivity contribution in [2.75, 3.05) is 52.5 Å². The van der Waals surface area contributed by atoms with Crippen LogP contribution < -0.4 is 10.6 Å². The number of amides is 1. The zero-order valence-electron chi connectivity index (χ0n) is 11.1. The number of rotatable bonds is 5. The van der Waals surface area contributed by atoms with Crippen LogP contribution in [0.2, 0.25) is 0 Å². The number of ether oxygens (including phenoxy) is 1. The molecule has 0 aliphatic carbocycles. The van der Waals surface area contributed by atoms with E-state index in [0.717, 1.165) is 71.7 Å². The Bertz CT molecular complexity index is 249. The van der Waals surface area contributed by atoms with Crippen LogP contribution in [0, 0.1) is 5.92 Å². The molecule has 2 heterocycles. The van der Waals surface area contributed by atoms with Crippen molar-refractivity contribution in [3.8, 4) is 0 Å². The number of carbonyl (C=O) groups excluding carboxylic acids is 1. The molecule has 0 atom stereocenters. The van der Waals surface area contributed by atoms with Crippen LogP contribution in [0.25, 0.3) is 0 Å². The monoisotopic (exact) mass is 255 g/mol. The van der Waals surface area contributed by atoms with Gasteiger partial charge in [-0.25, -0.2) is 0 Å². The van der Waals surface area contributed by atoms with Crippen molar-refractivity contribution < 1.29 is 9.53 Å². The van der Waals surface area contributed by atoms with Crippen molar-refractivity contribution in [1.82, 2.24) is 15.5 Å². The molecule has 18 heavy (non-hydrogen) atoms. The van der Waals surface area contributed by atoms with Gasteiger partial charge in [0.05, 0.1) is 0 Å². The summed E-state index contributed by atoms with van der Waals surface area (Å²) in [6.07, 6.45) is 2.81. The first-order valence-electron chi connectivity index (χ1n) is 7.15. The molecule has 0 aromatic heterocycles. The van der Waals surface area contributed by atoms with Gasteiger partial charge in [-0.1, -0.05) is 0 Å². The number of hydrogen-bond donors (Lipinski definition) is 2. The van der Waals surface area contributed by atoms with Gasteiger partial charge in [0.2, 0.25) is 5.91 Å². The fourth-order valence-electron chi connectivity index (χ4n) is 2.55. The van der Waals surface area contributed by atoms with Gasteiger partial charge in [-0.15, -0.1) is 0 Å². The van der Waals surface area contributed by atoms with E-state index in [4.69, 9.17) is 4.74 Å². The van der Waals surface area contributed by atoms with Crippen molar-refractivity contribution >= 4 is 5.91 Å². The molecule has 2 rings (SSSR count). The van der Waals surface area contributed by atoms with Crippen LogP contribution in [0.1, 0.15) is 19.3 Å². The van der Waals surface area contributed by atoms with Gasteiger partial charge in [0.1, 0.15) is 0 Å². The van der Waals surface area contributed by atoms with Crippen LogP contribution in [0.5, 0.6) is 0 Å². The third-order valence-electron chi connectivity index (χ3n) is 3.75. The second-order valence-corrected chi connectivity index (χ2v) is 5.12. The molecule has 5 nitrogen and oxygen atoms in total. The molecule has 2 aliphatic rings. The highest BCUT2D eigenvalue weighted by Crippen LogP contribution is 2.14. The summed E-state index contributed by atoms with van der Waals surface area (Å²) in [6, 6.07) is 0. The number of nitrogens with zero attached hydrogens (tertiary/aromatic N) is 1. The first kappa shape index (κ1) is 13.8. The smallest absolute Gasteiger partial charge is 0.223 e. The quantitative estimate of drug-likeness (QED) is 0.670. The van der Waals surface area contributed by atoms with Gasteiger partial charge in [-0.2, -0.15) is 0 Å². The molecule has 5 heteroatoms. The molecule has 1 amide bonds. The lowest BCUT2D eigenvalue weighted by molar-refractivity contribution is -0.127. The van der Waals surface area contributed by atoms with E-state index in [1.807, 2.05) is 0 Å². The zero-order valence-corrected chi connectivity index (χ0v) is 11.1. The minimum absolute atomic E-state index is 0.179. The molecule has 2 N–H and O–H groups in total. The molecule has 2 saturated heterocycles. The minimum atomic E-state index is 0.179. The maximum atomic E-state index is 11.9. The molecule has 0 saturated carbocycles. The van der Waals surface area contributed by atoms with Crippen LogP contribution >= 0.6 is 0 Å². The lowest BCUT2D eigenvalue weighted by atomic mass is 9.99. The predicted molar refractivity (Wildman–Crippen MR) is 70.5 cm³/mol. The van der Waals surface area contributed by atoms with E-state index in [0.29, 0.717) is 0 Å². The Labute approximate surface area is 109 Å². The molecular formula is C13H25N3O2. The zero-order chi connectivity index (χ0) is 12.6. The predicted octanol–water partition coefficient (Wildman–Crippen LogP) is -0.175. The second kappa shape index (κ2) is 7.71. The van der Waals surface area contributed by atoms with Crippen LogP contribution in [-0.4, -0.2) is 63.3 Å². The third kappa shape index (κ3) is 4.55. The fourth-order valence-corrected chi connectivity index (χ4v) is 2.55. The van der Waals surface area contributed by atoms with E-state index in [1.165, 1.54) is 0 Å². The summed E-state index contributed by atoms with van der Waals surface area (Å²) in [5.74, 6) is 0.400. The average molecular weight is 255 g/mol. The number of hydrogen-bond acceptors (Lipinski definition) is 4. The first-order chi connectivity index (χ1) is 8.86. The Hall–Kier alpha value is -0.650. The summed E-state index contributed by atoms with van der Waals surface area (Å²) >= 11 is 0. The molecule has 0 radical (unpaired) electrons. The van der Waals surface area contributed by atoms with Crippen LogP contribution in [0.15, 0.2) is 0 Å². The van der Waals surface area contributed by atoms with E-state index >= 15 is 0 Å². The van der Waals surface area contributed by atoms with Crippen molar-refractivity contribution in [3.05, 3.63) is 0 Å². The molecule has 104 valence electrons. The van der Waals surface area contributed by atoms with Crippen LogP contribution in [0.4, 0.5) is 0 Å². The first-order valence-corrected chi connectivity index (χ1v) is 7.15. The molecular weight excluding hydrogens is 230 g/mol. The van der Waals surface area contributed by atoms with Crippen LogP contribution in [-0.2, 0) is 9.53 Å². The number of carbonyl (C=O) groups is 1. The second-order valence-electron chi connectivity index (χ2n) is 5.12. The van der Waals surface area contributed by atoms with E-state index in [-0.39, 0.29) is 11.8 Å². The van der Waals surface area contributed by atoms with Gasteiger partial charge in [0, 0.05) is 51.9 Å². The van der Waals surface area contributed by atoms with Crippen molar-refractivity contribution in [2.24, 2.45) is 5.92 Å². The molecule has 0 bridgehead atoms. The summed E-state index contributed by atoms with van der Waals surface area (Å²) in [5, 5.41) is 6.40. The highest BCUT2D eigenvalue weighted by molar-refractivity contribution is 5.78. The van der Waals surface area contributed by atoms with Crippen molar-refractivity contribution in [1.29, 1.82) is 0 Å². The van der Waals surface area contributed by atoms with E-state index in [1.54, 1.807) is 0 Å². The standard InChI is InChI=1S/C13H25N3O2/c17-13(12-2-10-18-11-3-12)15-4-1-7-16-8-5-14-6-9-16/h12,14H,1-11H2,(H,15,17). The Morgan fingerprint density at radius 2 is 2.00 bits per heavy atom. The molecule has 0 aromatic rings. The minimum Gasteiger partial charge on any atom is -0.381 e. The van der Waals surface area contributed by atoms with Gasteiger partial charge in [-0.3, -0.25) is 4.79 Å². The lowest BCUT2D eigenvalue weighted by Crippen LogP contribution is -2.44. The van der Waals surface area contributed by atoms with Gasteiger partial charge in [-0.05, 0) is 25.8 Å². The molecule has 0 spiro atoms. The van der Waals surface area contributed by atoms with Crippen molar-refractivity contribution in [2.45, 2.75) is 19.3 Å². The summed E-state index contributed by atoms with van der Waals surface area (Å²) in [5.41, 5.74) is 0. The van der Waals surface area contributed by atoms with Gasteiger partial charge < -0.3 is 20.3 Å². The molecule has 2 fully saturated rings. The maximum absolute atomic E-state index is 11.9. The van der Waals surface area contributed by atoms with Crippen LogP contribution in [0.3, 0.4) is 0 Å². The van der Waals surface area contributed by atoms with E-state index in [2.05, 4.69) is 15.5 Å². The lowest BCUT2D eigenvalue weighted by Gasteiger charge is -2.27. The fraction of sp³-hybridized carbons (Fsp3) is 0.923. The molecule has 2 aliphatic heterocycles. The maximum Gasteiger partial charge on any atom is 0.223 e. The largest absolute Gasteiger partial charge is 0.381 e. The molecule has 0 aromatic carbocycles. The Kier molecular flexibility index (Phi) is 5.90. The average Bonchev–Trinajstić information content (AvgIpc) is 2.45. The third-order valence-corrected chi connectivity index (χ3v) is 3.75.